The van der Waals surface area contributed by atoms with E-state index in [4.69, 9.17) is 5.73 Å². The lowest BCUT2D eigenvalue weighted by molar-refractivity contribution is 0.146. The quantitative estimate of drug-likeness (QED) is 0.401. The summed E-state index contributed by atoms with van der Waals surface area (Å²) in [5.74, 6) is 0.457. The summed E-state index contributed by atoms with van der Waals surface area (Å²) in [5, 5.41) is 7.27. The Morgan fingerprint density at radius 2 is 2.00 bits per heavy atom. The zero-order valence-corrected chi connectivity index (χ0v) is 19.5. The molecule has 1 aromatic carbocycles. The van der Waals surface area contributed by atoms with Gasteiger partial charge in [0.05, 0.1) is 5.69 Å². The van der Waals surface area contributed by atoms with Gasteiger partial charge < -0.3 is 10.6 Å². The van der Waals surface area contributed by atoms with E-state index in [0.29, 0.717) is 35.9 Å². The maximum absolute atomic E-state index is 13.1. The zero-order chi connectivity index (χ0) is 25.0. The summed E-state index contributed by atoms with van der Waals surface area (Å²) in [6.07, 6.45) is 1.33. The number of fused-ring (bicyclic) bond motifs is 2. The van der Waals surface area contributed by atoms with Gasteiger partial charge in [0.1, 0.15) is 11.1 Å². The van der Waals surface area contributed by atoms with Crippen LogP contribution in [0.25, 0.3) is 16.6 Å². The van der Waals surface area contributed by atoms with Gasteiger partial charge in [0.2, 0.25) is 5.95 Å². The van der Waals surface area contributed by atoms with Gasteiger partial charge in [-0.1, -0.05) is 30.8 Å². The minimum absolute atomic E-state index is 0.00372. The first-order chi connectivity index (χ1) is 17.4. The highest BCUT2D eigenvalue weighted by molar-refractivity contribution is 5.92. The summed E-state index contributed by atoms with van der Waals surface area (Å²) in [6.45, 7) is 5.42. The number of nitrogens with two attached hydrogens (primary N) is 1. The van der Waals surface area contributed by atoms with Crippen molar-refractivity contribution in [1.29, 1.82) is 0 Å². The Hall–Kier alpha value is -3.92. The molecule has 4 N–H and O–H groups in total. The van der Waals surface area contributed by atoms with Crippen molar-refractivity contribution >= 4 is 22.6 Å². The van der Waals surface area contributed by atoms with Crippen LogP contribution in [0.1, 0.15) is 53.4 Å². The Labute approximate surface area is 205 Å². The standard InChI is InChI=1S/C26H25F2N7O/c1-14(15-6-9-30-18(12-15)22(27)28)20-19-23(34-33-20)31-25(32-24(19)36)35-10-7-26(8-11-35)13-16-4-2-3-5-17(16)21(26)29/h2-6,9,12,21-22H,1,7-8,10-11,13,29H2,(H2,31,32,33,34,36)/t21-/m1/s1. The van der Waals surface area contributed by atoms with Crippen LogP contribution in [0.2, 0.25) is 0 Å². The molecule has 1 aliphatic heterocycles. The van der Waals surface area contributed by atoms with Crippen molar-refractivity contribution in [2.24, 2.45) is 11.1 Å². The van der Waals surface area contributed by atoms with Crippen molar-refractivity contribution in [2.75, 3.05) is 18.0 Å². The van der Waals surface area contributed by atoms with Crippen molar-refractivity contribution in [2.45, 2.75) is 31.7 Å². The van der Waals surface area contributed by atoms with E-state index in [2.05, 4.69) is 54.8 Å². The molecule has 0 amide bonds. The first kappa shape index (κ1) is 22.5. The number of nitrogens with zero attached hydrogens (tertiary/aromatic N) is 4. The molecular formula is C26H25F2N7O. The SMILES string of the molecule is C=C(c1ccnc(C(F)F)c1)c1[nH]nc2nc(N3CCC4(CC3)Cc3ccccc3[C@H]4N)[nH]c(=O)c12. The van der Waals surface area contributed by atoms with Gasteiger partial charge in [0.25, 0.3) is 12.0 Å². The molecule has 4 aromatic rings. The lowest BCUT2D eigenvalue weighted by Crippen LogP contribution is -2.45. The number of alkyl halides is 2. The van der Waals surface area contributed by atoms with Crippen LogP contribution in [0.15, 0.2) is 54.0 Å². The van der Waals surface area contributed by atoms with Gasteiger partial charge in [-0.05, 0) is 53.5 Å². The highest BCUT2D eigenvalue weighted by Crippen LogP contribution is 2.50. The summed E-state index contributed by atoms with van der Waals surface area (Å²) in [7, 11) is 0. The molecule has 4 heterocycles. The molecule has 1 fully saturated rings. The Morgan fingerprint density at radius 3 is 2.75 bits per heavy atom. The van der Waals surface area contributed by atoms with Gasteiger partial charge in [-0.25, -0.2) is 8.78 Å². The highest BCUT2D eigenvalue weighted by Gasteiger charge is 2.46. The van der Waals surface area contributed by atoms with Crippen molar-refractivity contribution in [3.05, 3.63) is 87.6 Å². The second-order valence-electron chi connectivity index (χ2n) is 9.64. The Morgan fingerprint density at radius 1 is 1.22 bits per heavy atom. The number of aromatic nitrogens is 5. The van der Waals surface area contributed by atoms with Crippen LogP contribution in [0.3, 0.4) is 0 Å². The number of pyridine rings is 1. The van der Waals surface area contributed by atoms with Gasteiger partial charge in [0.15, 0.2) is 5.65 Å². The van der Waals surface area contributed by atoms with Crippen LogP contribution in [0.4, 0.5) is 14.7 Å². The molecule has 184 valence electrons. The monoisotopic (exact) mass is 489 g/mol. The van der Waals surface area contributed by atoms with Crippen LogP contribution in [0.5, 0.6) is 0 Å². The van der Waals surface area contributed by atoms with Gasteiger partial charge in [0, 0.05) is 30.9 Å². The fourth-order valence-electron chi connectivity index (χ4n) is 5.66. The molecule has 6 rings (SSSR count). The molecule has 0 radical (unpaired) electrons. The van der Waals surface area contributed by atoms with E-state index in [0.717, 1.165) is 19.3 Å². The van der Waals surface area contributed by atoms with E-state index < -0.39 is 6.43 Å². The minimum Gasteiger partial charge on any atom is -0.342 e. The average Bonchev–Trinajstić information content (AvgIpc) is 3.44. The number of piperidine rings is 1. The summed E-state index contributed by atoms with van der Waals surface area (Å²) < 4.78 is 26.2. The number of halogens is 2. The summed E-state index contributed by atoms with van der Waals surface area (Å²) in [6, 6.07) is 11.2. The molecule has 0 bridgehead atoms. The second-order valence-corrected chi connectivity index (χ2v) is 9.64. The lowest BCUT2D eigenvalue weighted by Gasteiger charge is -2.42. The molecule has 1 atom stereocenters. The van der Waals surface area contributed by atoms with Crippen molar-refractivity contribution in [3.8, 4) is 0 Å². The smallest absolute Gasteiger partial charge is 0.280 e. The van der Waals surface area contributed by atoms with E-state index in [1.165, 1.54) is 23.4 Å². The number of H-pyrrole nitrogens is 2. The Bertz CT molecular complexity index is 1530. The zero-order valence-electron chi connectivity index (χ0n) is 19.5. The van der Waals surface area contributed by atoms with Crippen molar-refractivity contribution < 1.29 is 8.78 Å². The molecule has 1 aliphatic carbocycles. The first-order valence-electron chi connectivity index (χ1n) is 11.9. The molecule has 8 nitrogen and oxygen atoms in total. The van der Waals surface area contributed by atoms with Crippen LogP contribution in [0, 0.1) is 5.41 Å². The van der Waals surface area contributed by atoms with Crippen LogP contribution in [-0.2, 0) is 6.42 Å². The number of nitrogens with one attached hydrogen (secondary N) is 2. The minimum atomic E-state index is -2.71. The number of benzene rings is 1. The van der Waals surface area contributed by atoms with Crippen LogP contribution < -0.4 is 16.2 Å². The third kappa shape index (κ3) is 3.51. The van der Waals surface area contributed by atoms with E-state index >= 15 is 0 Å². The molecule has 3 aromatic heterocycles. The first-order valence-corrected chi connectivity index (χ1v) is 11.9. The van der Waals surface area contributed by atoms with E-state index in [1.807, 2.05) is 6.07 Å². The topological polar surface area (TPSA) is 117 Å². The fourth-order valence-corrected chi connectivity index (χ4v) is 5.66. The molecule has 1 saturated heterocycles. The molecule has 0 unspecified atom stereocenters. The Balaban J connectivity index is 1.25. The highest BCUT2D eigenvalue weighted by atomic mass is 19.3. The number of aromatic amines is 2. The molecule has 10 heteroatoms. The van der Waals surface area contributed by atoms with Crippen LogP contribution in [-0.4, -0.2) is 38.2 Å². The van der Waals surface area contributed by atoms with Crippen LogP contribution >= 0.6 is 0 Å². The predicted molar refractivity (Wildman–Crippen MR) is 133 cm³/mol. The van der Waals surface area contributed by atoms with Crippen molar-refractivity contribution in [1.82, 2.24) is 25.1 Å². The molecule has 2 aliphatic rings. The number of hydrogen-bond donors (Lipinski definition) is 3. The summed E-state index contributed by atoms with van der Waals surface area (Å²) >= 11 is 0. The third-order valence-electron chi connectivity index (χ3n) is 7.72. The summed E-state index contributed by atoms with van der Waals surface area (Å²) in [5.41, 5.74) is 9.90. The fraction of sp³-hybridized carbons (Fsp3) is 0.308. The van der Waals surface area contributed by atoms with Gasteiger partial charge >= 0.3 is 0 Å². The number of rotatable bonds is 4. The second kappa shape index (κ2) is 8.34. The molecule has 0 saturated carbocycles. The van der Waals surface area contributed by atoms with Crippen molar-refractivity contribution in [3.63, 3.8) is 0 Å². The van der Waals surface area contributed by atoms with E-state index in [1.54, 1.807) is 6.07 Å². The third-order valence-corrected chi connectivity index (χ3v) is 7.72. The molecule has 36 heavy (non-hydrogen) atoms. The maximum Gasteiger partial charge on any atom is 0.280 e. The predicted octanol–water partition coefficient (Wildman–Crippen LogP) is 3.88. The number of hydrogen-bond acceptors (Lipinski definition) is 6. The van der Waals surface area contributed by atoms with E-state index in [-0.39, 0.29) is 33.7 Å². The molecule has 1 spiro atoms. The maximum atomic E-state index is 13.1. The van der Waals surface area contributed by atoms with E-state index in [9.17, 15) is 13.6 Å². The lowest BCUT2D eigenvalue weighted by atomic mass is 9.73. The average molecular weight is 490 g/mol. The van der Waals surface area contributed by atoms with Gasteiger partial charge in [-0.15, -0.1) is 0 Å². The Kier molecular flexibility index (Phi) is 5.22. The van der Waals surface area contributed by atoms with Gasteiger partial charge in [-0.2, -0.15) is 10.1 Å². The normalized spacial score (nSPS) is 18.8. The summed E-state index contributed by atoms with van der Waals surface area (Å²) in [4.78, 5) is 26.3. The molecular weight excluding hydrogens is 464 g/mol. The van der Waals surface area contributed by atoms with Gasteiger partial charge in [-0.3, -0.25) is 19.9 Å². The largest absolute Gasteiger partial charge is 0.342 e. The number of anilines is 1.